The van der Waals surface area contributed by atoms with E-state index < -0.39 is 0 Å². The van der Waals surface area contributed by atoms with Crippen molar-refractivity contribution in [1.29, 1.82) is 0 Å². The molecule has 2 saturated heterocycles. The lowest BCUT2D eigenvalue weighted by atomic mass is 10.0. The highest BCUT2D eigenvalue weighted by atomic mass is 16.7. The van der Waals surface area contributed by atoms with E-state index in [1.807, 2.05) is 29.2 Å². The third kappa shape index (κ3) is 4.16. The number of likely N-dealkylation sites (tertiary alicyclic amines) is 1. The number of ether oxygens (including phenoxy) is 2. The fraction of sp³-hybridized carbons (Fsp3) is 0.440. The second kappa shape index (κ2) is 8.68. The van der Waals surface area contributed by atoms with Crippen LogP contribution in [0.3, 0.4) is 0 Å². The minimum Gasteiger partial charge on any atom is -0.454 e. The van der Waals surface area contributed by atoms with Gasteiger partial charge in [-0.3, -0.25) is 14.6 Å². The lowest BCUT2D eigenvalue weighted by molar-refractivity contribution is 0.0407. The van der Waals surface area contributed by atoms with Gasteiger partial charge in [0.1, 0.15) is 0 Å². The van der Waals surface area contributed by atoms with Crippen LogP contribution in [0, 0.1) is 0 Å². The number of carbonyl (C=O) groups is 1. The van der Waals surface area contributed by atoms with Crippen molar-refractivity contribution in [2.24, 2.45) is 0 Å². The van der Waals surface area contributed by atoms with E-state index in [4.69, 9.17) is 9.47 Å². The maximum absolute atomic E-state index is 13.2. The van der Waals surface area contributed by atoms with Crippen LogP contribution >= 0.6 is 0 Å². The number of fused-ring (bicyclic) bond motifs is 2. The van der Waals surface area contributed by atoms with Crippen LogP contribution in [0.4, 0.5) is 0 Å². The Bertz CT molecular complexity index is 1150. The summed E-state index contributed by atoms with van der Waals surface area (Å²) in [4.78, 5) is 27.6. The molecule has 0 radical (unpaired) electrons. The largest absolute Gasteiger partial charge is 0.454 e. The van der Waals surface area contributed by atoms with Gasteiger partial charge in [-0.05, 0) is 48.7 Å². The van der Waals surface area contributed by atoms with Crippen molar-refractivity contribution in [2.75, 3.05) is 46.1 Å². The minimum absolute atomic E-state index is 0.123. The first kappa shape index (κ1) is 20.5. The van der Waals surface area contributed by atoms with Crippen LogP contribution in [0.15, 0.2) is 42.7 Å². The predicted molar refractivity (Wildman–Crippen MR) is 124 cm³/mol. The van der Waals surface area contributed by atoms with E-state index in [0.29, 0.717) is 12.8 Å². The van der Waals surface area contributed by atoms with Gasteiger partial charge in [0.2, 0.25) is 6.79 Å². The molecule has 6 rings (SSSR count). The minimum atomic E-state index is 0.123. The van der Waals surface area contributed by atoms with E-state index in [9.17, 15) is 4.79 Å². The lowest BCUT2D eigenvalue weighted by Crippen LogP contribution is -2.55. The number of aromatic amines is 1. The maximum Gasteiger partial charge on any atom is 0.253 e. The molecule has 8 heteroatoms. The van der Waals surface area contributed by atoms with E-state index in [2.05, 4.69) is 31.9 Å². The molecule has 1 amide bonds. The first-order valence-electron chi connectivity index (χ1n) is 11.8. The zero-order valence-corrected chi connectivity index (χ0v) is 18.7. The van der Waals surface area contributed by atoms with Gasteiger partial charge in [0, 0.05) is 57.4 Å². The molecule has 8 nitrogen and oxygen atoms in total. The van der Waals surface area contributed by atoms with E-state index in [1.54, 1.807) is 6.33 Å². The molecule has 1 unspecified atom stereocenters. The molecule has 0 saturated carbocycles. The Labute approximate surface area is 193 Å². The number of piperidine rings is 1. The van der Waals surface area contributed by atoms with Crippen molar-refractivity contribution < 1.29 is 14.3 Å². The second-order valence-corrected chi connectivity index (χ2v) is 9.18. The summed E-state index contributed by atoms with van der Waals surface area (Å²) >= 11 is 0. The van der Waals surface area contributed by atoms with Crippen LogP contribution in [0.5, 0.6) is 11.5 Å². The van der Waals surface area contributed by atoms with Crippen molar-refractivity contribution in [3.8, 4) is 11.5 Å². The van der Waals surface area contributed by atoms with E-state index >= 15 is 0 Å². The molecule has 2 aromatic carbocycles. The number of benzene rings is 2. The topological polar surface area (TPSA) is 73.9 Å². The number of aromatic nitrogens is 2. The van der Waals surface area contributed by atoms with Crippen LogP contribution in [-0.4, -0.2) is 82.7 Å². The van der Waals surface area contributed by atoms with Crippen LogP contribution in [-0.2, 0) is 6.54 Å². The van der Waals surface area contributed by atoms with Crippen molar-refractivity contribution in [2.45, 2.75) is 25.4 Å². The lowest BCUT2D eigenvalue weighted by Gasteiger charge is -2.43. The fourth-order valence-corrected chi connectivity index (χ4v) is 5.27. The van der Waals surface area contributed by atoms with Crippen LogP contribution in [0.1, 0.15) is 28.8 Å². The van der Waals surface area contributed by atoms with Gasteiger partial charge in [-0.15, -0.1) is 0 Å². The van der Waals surface area contributed by atoms with Gasteiger partial charge in [0.05, 0.1) is 17.4 Å². The first-order chi connectivity index (χ1) is 16.2. The summed E-state index contributed by atoms with van der Waals surface area (Å²) in [7, 11) is 0. The van der Waals surface area contributed by atoms with Gasteiger partial charge < -0.3 is 19.4 Å². The number of amides is 1. The van der Waals surface area contributed by atoms with Crippen LogP contribution < -0.4 is 9.47 Å². The molecule has 4 heterocycles. The number of piperazine rings is 1. The predicted octanol–water partition coefficient (Wildman–Crippen LogP) is 2.71. The molecule has 0 bridgehead atoms. The average Bonchev–Trinajstić information content (AvgIpc) is 3.53. The number of carbonyl (C=O) groups excluding carboxylic acids is 1. The van der Waals surface area contributed by atoms with Gasteiger partial charge in [0.15, 0.2) is 11.5 Å². The Morgan fingerprint density at radius 3 is 2.82 bits per heavy atom. The molecule has 2 fully saturated rings. The van der Waals surface area contributed by atoms with E-state index in [1.165, 1.54) is 5.56 Å². The highest BCUT2D eigenvalue weighted by Gasteiger charge is 2.30. The summed E-state index contributed by atoms with van der Waals surface area (Å²) in [6, 6.07) is 12.4. The summed E-state index contributed by atoms with van der Waals surface area (Å²) in [5.41, 5.74) is 3.80. The normalized spacial score (nSPS) is 21.6. The molecule has 0 spiro atoms. The zero-order chi connectivity index (χ0) is 22.2. The highest BCUT2D eigenvalue weighted by molar-refractivity contribution is 5.97. The molecule has 3 aromatic rings. The number of imidazole rings is 1. The molecule has 3 aliphatic heterocycles. The smallest absolute Gasteiger partial charge is 0.253 e. The SMILES string of the molecule is O=C(c1ccc2nc[nH]c2c1)N1CCCC(N2CCN(Cc3ccc4c(c3)OCO4)CC2)C1. The summed E-state index contributed by atoms with van der Waals surface area (Å²) in [6.45, 7) is 7.04. The second-order valence-electron chi connectivity index (χ2n) is 9.18. The van der Waals surface area contributed by atoms with Gasteiger partial charge in [-0.2, -0.15) is 0 Å². The number of hydrogen-bond donors (Lipinski definition) is 1. The van der Waals surface area contributed by atoms with E-state index in [-0.39, 0.29) is 5.91 Å². The summed E-state index contributed by atoms with van der Waals surface area (Å²) in [5, 5.41) is 0. The third-order valence-corrected chi connectivity index (χ3v) is 7.12. The summed E-state index contributed by atoms with van der Waals surface area (Å²) in [5.74, 6) is 1.81. The monoisotopic (exact) mass is 447 g/mol. The van der Waals surface area contributed by atoms with E-state index in [0.717, 1.165) is 86.8 Å². The number of hydrogen-bond acceptors (Lipinski definition) is 6. The van der Waals surface area contributed by atoms with Crippen molar-refractivity contribution in [3.63, 3.8) is 0 Å². The Kier molecular flexibility index (Phi) is 5.39. The highest BCUT2D eigenvalue weighted by Crippen LogP contribution is 2.33. The molecule has 1 N–H and O–H groups in total. The zero-order valence-electron chi connectivity index (χ0n) is 18.7. The number of nitrogens with zero attached hydrogens (tertiary/aromatic N) is 4. The number of nitrogens with one attached hydrogen (secondary N) is 1. The standard InChI is InChI=1S/C25H29N5O3/c31-25(19-4-5-21-22(13-19)27-16-26-21)30-7-1-2-20(15-30)29-10-8-28(9-11-29)14-18-3-6-23-24(12-18)33-17-32-23/h3-6,12-13,16,20H,1-2,7-11,14-15,17H2,(H,26,27). The van der Waals surface area contributed by atoms with Crippen molar-refractivity contribution >= 4 is 16.9 Å². The Hall–Kier alpha value is -3.10. The quantitative estimate of drug-likeness (QED) is 0.663. The molecule has 3 aliphatic rings. The fourth-order valence-electron chi connectivity index (χ4n) is 5.27. The Balaban J connectivity index is 1.04. The summed E-state index contributed by atoms with van der Waals surface area (Å²) < 4.78 is 10.9. The average molecular weight is 448 g/mol. The number of H-pyrrole nitrogens is 1. The van der Waals surface area contributed by atoms with Crippen molar-refractivity contribution in [3.05, 3.63) is 53.9 Å². The van der Waals surface area contributed by atoms with Crippen molar-refractivity contribution in [1.82, 2.24) is 24.7 Å². The van der Waals surface area contributed by atoms with Gasteiger partial charge in [-0.25, -0.2) is 4.98 Å². The molecule has 33 heavy (non-hydrogen) atoms. The van der Waals surface area contributed by atoms with Gasteiger partial charge >= 0.3 is 0 Å². The van der Waals surface area contributed by atoms with Crippen LogP contribution in [0.25, 0.3) is 11.0 Å². The molecule has 1 aromatic heterocycles. The molecule has 1 atom stereocenters. The van der Waals surface area contributed by atoms with Gasteiger partial charge in [-0.1, -0.05) is 6.07 Å². The third-order valence-electron chi connectivity index (χ3n) is 7.12. The number of rotatable bonds is 4. The molecule has 0 aliphatic carbocycles. The Morgan fingerprint density at radius 1 is 1.03 bits per heavy atom. The molecule has 172 valence electrons. The molecular formula is C25H29N5O3. The Morgan fingerprint density at radius 2 is 1.91 bits per heavy atom. The maximum atomic E-state index is 13.2. The summed E-state index contributed by atoms with van der Waals surface area (Å²) in [6.07, 6.45) is 3.88. The van der Waals surface area contributed by atoms with Crippen LogP contribution in [0.2, 0.25) is 0 Å². The first-order valence-corrected chi connectivity index (χ1v) is 11.8. The van der Waals surface area contributed by atoms with Gasteiger partial charge in [0.25, 0.3) is 5.91 Å². The molecular weight excluding hydrogens is 418 g/mol.